The highest BCUT2D eigenvalue weighted by molar-refractivity contribution is 5.82. The molecule has 0 fully saturated rings. The SMILES string of the molecule is COc1cc(/C=N/n2cncn2)cc(OC)c1OC. The Bertz CT molecular complexity index is 541. The lowest BCUT2D eigenvalue weighted by Crippen LogP contribution is -1.97. The highest BCUT2D eigenvalue weighted by atomic mass is 16.5. The monoisotopic (exact) mass is 262 g/mol. The molecule has 1 aromatic carbocycles. The van der Waals surface area contributed by atoms with Crippen LogP contribution in [-0.2, 0) is 0 Å². The Kier molecular flexibility index (Phi) is 3.97. The first-order chi connectivity index (χ1) is 9.28. The first-order valence-electron chi connectivity index (χ1n) is 5.47. The van der Waals surface area contributed by atoms with Crippen molar-refractivity contribution in [2.24, 2.45) is 5.10 Å². The predicted octanol–water partition coefficient (Wildman–Crippen LogP) is 1.19. The second kappa shape index (κ2) is 5.85. The van der Waals surface area contributed by atoms with E-state index in [4.69, 9.17) is 14.2 Å². The van der Waals surface area contributed by atoms with Crippen LogP contribution in [-0.4, -0.2) is 42.4 Å². The van der Waals surface area contributed by atoms with Crippen molar-refractivity contribution in [2.75, 3.05) is 21.3 Å². The van der Waals surface area contributed by atoms with Crippen molar-refractivity contribution in [3.05, 3.63) is 30.4 Å². The van der Waals surface area contributed by atoms with E-state index in [9.17, 15) is 0 Å². The third-order valence-electron chi connectivity index (χ3n) is 2.42. The first-order valence-corrected chi connectivity index (χ1v) is 5.47. The van der Waals surface area contributed by atoms with E-state index in [-0.39, 0.29) is 0 Å². The molecule has 0 bridgehead atoms. The van der Waals surface area contributed by atoms with Gasteiger partial charge < -0.3 is 14.2 Å². The molecule has 2 aromatic rings. The van der Waals surface area contributed by atoms with E-state index in [1.54, 1.807) is 39.7 Å². The number of hydrogen-bond donors (Lipinski definition) is 0. The van der Waals surface area contributed by atoms with Crippen molar-refractivity contribution in [3.63, 3.8) is 0 Å². The van der Waals surface area contributed by atoms with Crippen molar-refractivity contribution in [1.29, 1.82) is 0 Å². The van der Waals surface area contributed by atoms with Crippen LogP contribution in [0.1, 0.15) is 5.56 Å². The minimum Gasteiger partial charge on any atom is -0.493 e. The molecule has 0 atom stereocenters. The summed E-state index contributed by atoms with van der Waals surface area (Å²) in [6.07, 6.45) is 4.53. The standard InChI is InChI=1S/C12H14N4O3/c1-17-10-4-9(5-11(18-2)12(10)19-3)6-14-16-8-13-7-15-16/h4-8H,1-3H3/b14-6+. The predicted molar refractivity (Wildman–Crippen MR) is 69.1 cm³/mol. The normalized spacial score (nSPS) is 10.7. The summed E-state index contributed by atoms with van der Waals surface area (Å²) in [4.78, 5) is 5.15. The fraction of sp³-hybridized carbons (Fsp3) is 0.250. The molecule has 0 aliphatic rings. The van der Waals surface area contributed by atoms with Gasteiger partial charge in [-0.25, -0.2) is 4.98 Å². The number of benzene rings is 1. The van der Waals surface area contributed by atoms with E-state index >= 15 is 0 Å². The largest absolute Gasteiger partial charge is 0.493 e. The third-order valence-corrected chi connectivity index (χ3v) is 2.42. The van der Waals surface area contributed by atoms with Crippen molar-refractivity contribution in [1.82, 2.24) is 14.9 Å². The molecule has 100 valence electrons. The van der Waals surface area contributed by atoms with Crippen LogP contribution in [0.3, 0.4) is 0 Å². The van der Waals surface area contributed by atoms with Crippen molar-refractivity contribution in [3.8, 4) is 17.2 Å². The van der Waals surface area contributed by atoms with Crippen LogP contribution in [0.5, 0.6) is 17.2 Å². The summed E-state index contributed by atoms with van der Waals surface area (Å²) in [6, 6.07) is 3.59. The smallest absolute Gasteiger partial charge is 0.203 e. The molecule has 0 spiro atoms. The van der Waals surface area contributed by atoms with Gasteiger partial charge in [-0.1, -0.05) is 0 Å². The molecule has 7 heteroatoms. The maximum Gasteiger partial charge on any atom is 0.203 e. The van der Waals surface area contributed by atoms with Crippen LogP contribution >= 0.6 is 0 Å². The topological polar surface area (TPSA) is 70.8 Å². The van der Waals surface area contributed by atoms with Gasteiger partial charge in [0.15, 0.2) is 11.5 Å². The first kappa shape index (κ1) is 12.9. The van der Waals surface area contributed by atoms with Gasteiger partial charge in [0, 0.05) is 5.56 Å². The van der Waals surface area contributed by atoms with Crippen LogP contribution in [0, 0.1) is 0 Å². The molecule has 0 saturated carbocycles. The fourth-order valence-corrected chi connectivity index (χ4v) is 1.56. The maximum atomic E-state index is 5.25. The summed E-state index contributed by atoms with van der Waals surface area (Å²) < 4.78 is 15.8. The second-order valence-corrected chi connectivity index (χ2v) is 3.52. The lowest BCUT2D eigenvalue weighted by molar-refractivity contribution is 0.324. The molecule has 0 aliphatic heterocycles. The molecule has 19 heavy (non-hydrogen) atoms. The quantitative estimate of drug-likeness (QED) is 0.757. The average molecular weight is 262 g/mol. The van der Waals surface area contributed by atoms with Crippen LogP contribution in [0.2, 0.25) is 0 Å². The number of aromatic nitrogens is 3. The van der Waals surface area contributed by atoms with Crippen molar-refractivity contribution in [2.45, 2.75) is 0 Å². The summed E-state index contributed by atoms with van der Waals surface area (Å²) in [6.45, 7) is 0. The number of nitrogens with zero attached hydrogens (tertiary/aromatic N) is 4. The molecule has 2 rings (SSSR count). The summed E-state index contributed by atoms with van der Waals surface area (Å²) in [5.41, 5.74) is 0.796. The zero-order valence-corrected chi connectivity index (χ0v) is 10.9. The molecule has 1 heterocycles. The minimum atomic E-state index is 0.544. The van der Waals surface area contributed by atoms with Gasteiger partial charge >= 0.3 is 0 Å². The van der Waals surface area contributed by atoms with Gasteiger partial charge in [-0.05, 0) is 12.1 Å². The van der Waals surface area contributed by atoms with Gasteiger partial charge in [0.1, 0.15) is 12.7 Å². The highest BCUT2D eigenvalue weighted by Crippen LogP contribution is 2.37. The molecular formula is C12H14N4O3. The van der Waals surface area contributed by atoms with Crippen LogP contribution in [0.25, 0.3) is 0 Å². The molecule has 1 aromatic heterocycles. The van der Waals surface area contributed by atoms with Gasteiger partial charge in [-0.2, -0.15) is 5.10 Å². The number of hydrogen-bond acceptors (Lipinski definition) is 6. The van der Waals surface area contributed by atoms with Gasteiger partial charge in [0.05, 0.1) is 27.5 Å². The summed E-state index contributed by atoms with van der Waals surface area (Å²) in [5, 5.41) is 7.98. The lowest BCUT2D eigenvalue weighted by atomic mass is 10.2. The average Bonchev–Trinajstić information content (AvgIpc) is 2.97. The van der Waals surface area contributed by atoms with Crippen molar-refractivity contribution >= 4 is 6.21 Å². The molecular weight excluding hydrogens is 248 g/mol. The van der Waals surface area contributed by atoms with Gasteiger partial charge in [-0.15, -0.1) is 9.89 Å². The Balaban J connectivity index is 2.36. The van der Waals surface area contributed by atoms with Crippen molar-refractivity contribution < 1.29 is 14.2 Å². The molecule has 0 aliphatic carbocycles. The number of ether oxygens (including phenoxy) is 3. The van der Waals surface area contributed by atoms with E-state index in [2.05, 4.69) is 15.2 Å². The van der Waals surface area contributed by atoms with E-state index < -0.39 is 0 Å². The van der Waals surface area contributed by atoms with Crippen LogP contribution < -0.4 is 14.2 Å². The zero-order chi connectivity index (χ0) is 13.7. The lowest BCUT2D eigenvalue weighted by Gasteiger charge is -2.12. The molecule has 0 saturated heterocycles. The van der Waals surface area contributed by atoms with Gasteiger partial charge in [0.2, 0.25) is 5.75 Å². The summed E-state index contributed by atoms with van der Waals surface area (Å²) >= 11 is 0. The highest BCUT2D eigenvalue weighted by Gasteiger charge is 2.12. The zero-order valence-electron chi connectivity index (χ0n) is 10.9. The Labute approximate surface area is 110 Å². The van der Waals surface area contributed by atoms with Gasteiger partial charge in [0.25, 0.3) is 0 Å². The Morgan fingerprint density at radius 2 is 1.79 bits per heavy atom. The molecule has 0 radical (unpaired) electrons. The fourth-order valence-electron chi connectivity index (χ4n) is 1.56. The van der Waals surface area contributed by atoms with E-state index in [1.165, 1.54) is 17.4 Å². The van der Waals surface area contributed by atoms with E-state index in [0.717, 1.165) is 5.56 Å². The molecule has 0 N–H and O–H groups in total. The minimum absolute atomic E-state index is 0.544. The van der Waals surface area contributed by atoms with Gasteiger partial charge in [-0.3, -0.25) is 0 Å². The third kappa shape index (κ3) is 2.82. The Morgan fingerprint density at radius 3 is 2.26 bits per heavy atom. The number of methoxy groups -OCH3 is 3. The van der Waals surface area contributed by atoms with E-state index in [1.807, 2.05) is 0 Å². The van der Waals surface area contributed by atoms with E-state index in [0.29, 0.717) is 17.2 Å². The Hall–Kier alpha value is -2.57. The second-order valence-electron chi connectivity index (χ2n) is 3.52. The maximum absolute atomic E-state index is 5.25. The summed E-state index contributed by atoms with van der Waals surface area (Å²) in [5.74, 6) is 1.69. The summed E-state index contributed by atoms with van der Waals surface area (Å²) in [7, 11) is 4.69. The molecule has 0 unspecified atom stereocenters. The van der Waals surface area contributed by atoms with Crippen LogP contribution in [0.15, 0.2) is 29.9 Å². The molecule has 7 nitrogen and oxygen atoms in total. The number of rotatable bonds is 5. The van der Waals surface area contributed by atoms with Crippen LogP contribution in [0.4, 0.5) is 0 Å². The molecule has 0 amide bonds. The Morgan fingerprint density at radius 1 is 1.11 bits per heavy atom.